The second kappa shape index (κ2) is 7.17. The van der Waals surface area contributed by atoms with Crippen LogP contribution in [-0.4, -0.2) is 26.5 Å². The Morgan fingerprint density at radius 1 is 1.00 bits per heavy atom. The lowest BCUT2D eigenvalue weighted by atomic mass is 10.1. The molecule has 1 saturated heterocycles. The SMILES string of the molecule is O=S(=O)(Nc1ccccc1N1CCCCC1)c1ccc(Cl)nc1Cl. The van der Waals surface area contributed by atoms with Crippen molar-refractivity contribution in [3.05, 3.63) is 46.7 Å². The quantitative estimate of drug-likeness (QED) is 0.801. The van der Waals surface area contributed by atoms with Crippen molar-refractivity contribution in [1.29, 1.82) is 0 Å². The number of sulfonamides is 1. The fourth-order valence-corrected chi connectivity index (χ4v) is 4.51. The zero-order valence-electron chi connectivity index (χ0n) is 12.9. The summed E-state index contributed by atoms with van der Waals surface area (Å²) in [7, 11) is -3.85. The molecule has 5 nitrogen and oxygen atoms in total. The van der Waals surface area contributed by atoms with E-state index >= 15 is 0 Å². The van der Waals surface area contributed by atoms with Gasteiger partial charge in [0.05, 0.1) is 11.4 Å². The van der Waals surface area contributed by atoms with Gasteiger partial charge in [-0.25, -0.2) is 13.4 Å². The number of nitrogens with one attached hydrogen (secondary N) is 1. The van der Waals surface area contributed by atoms with Crippen molar-refractivity contribution in [2.75, 3.05) is 22.7 Å². The molecule has 2 heterocycles. The monoisotopic (exact) mass is 385 g/mol. The molecule has 24 heavy (non-hydrogen) atoms. The van der Waals surface area contributed by atoms with Crippen LogP contribution in [0.1, 0.15) is 19.3 Å². The lowest BCUT2D eigenvalue weighted by Gasteiger charge is -2.30. The van der Waals surface area contributed by atoms with Crippen LogP contribution in [0.15, 0.2) is 41.3 Å². The average molecular weight is 386 g/mol. The Morgan fingerprint density at radius 2 is 1.71 bits per heavy atom. The molecule has 0 saturated carbocycles. The first-order chi connectivity index (χ1) is 11.5. The van der Waals surface area contributed by atoms with E-state index in [0.29, 0.717) is 5.69 Å². The molecule has 128 valence electrons. The topological polar surface area (TPSA) is 62.3 Å². The Balaban J connectivity index is 1.93. The summed E-state index contributed by atoms with van der Waals surface area (Å²) in [6.07, 6.45) is 3.42. The van der Waals surface area contributed by atoms with Crippen LogP contribution in [0.25, 0.3) is 0 Å². The van der Waals surface area contributed by atoms with E-state index in [0.717, 1.165) is 31.6 Å². The zero-order chi connectivity index (χ0) is 17.2. The normalized spacial score (nSPS) is 15.3. The Kier molecular flexibility index (Phi) is 5.18. The van der Waals surface area contributed by atoms with Gasteiger partial charge < -0.3 is 4.90 Å². The van der Waals surface area contributed by atoms with Crippen LogP contribution >= 0.6 is 23.2 Å². The maximum absolute atomic E-state index is 12.7. The second-order valence-electron chi connectivity index (χ2n) is 5.59. The standard InChI is InChI=1S/C16H17Cl2N3O2S/c17-15-9-8-14(16(18)19-15)24(22,23)20-12-6-2-3-7-13(12)21-10-4-1-5-11-21/h2-3,6-9,20H,1,4-5,10-11H2. The van der Waals surface area contributed by atoms with Crippen LogP contribution in [0.2, 0.25) is 10.3 Å². The number of rotatable bonds is 4. The van der Waals surface area contributed by atoms with Gasteiger partial charge >= 0.3 is 0 Å². The molecule has 1 fully saturated rings. The maximum Gasteiger partial charge on any atom is 0.265 e. The van der Waals surface area contributed by atoms with Gasteiger partial charge in [-0.1, -0.05) is 35.3 Å². The summed E-state index contributed by atoms with van der Waals surface area (Å²) in [6, 6.07) is 10.1. The molecular formula is C16H17Cl2N3O2S. The summed E-state index contributed by atoms with van der Waals surface area (Å²) in [5.41, 5.74) is 1.41. The van der Waals surface area contributed by atoms with Gasteiger partial charge in [0, 0.05) is 13.1 Å². The summed E-state index contributed by atoms with van der Waals surface area (Å²) in [6.45, 7) is 1.84. The summed E-state index contributed by atoms with van der Waals surface area (Å²) in [4.78, 5) is 5.90. The molecule has 0 aliphatic carbocycles. The number of nitrogens with zero attached hydrogens (tertiary/aromatic N) is 2. The Hall–Kier alpha value is -1.50. The molecule has 0 radical (unpaired) electrons. The van der Waals surface area contributed by atoms with Gasteiger partial charge in [0.2, 0.25) is 0 Å². The number of aromatic nitrogens is 1. The van der Waals surface area contributed by atoms with E-state index in [2.05, 4.69) is 14.6 Å². The fourth-order valence-electron chi connectivity index (χ4n) is 2.77. The van der Waals surface area contributed by atoms with Crippen molar-refractivity contribution in [1.82, 2.24) is 4.98 Å². The first kappa shape index (κ1) is 17.3. The van der Waals surface area contributed by atoms with Crippen LogP contribution in [-0.2, 0) is 10.0 Å². The molecule has 2 aromatic rings. The number of piperidine rings is 1. The number of anilines is 2. The largest absolute Gasteiger partial charge is 0.370 e. The van der Waals surface area contributed by atoms with Crippen LogP contribution in [0.5, 0.6) is 0 Å². The molecule has 0 unspecified atom stereocenters. The summed E-state index contributed by atoms with van der Waals surface area (Å²) >= 11 is 11.7. The highest BCUT2D eigenvalue weighted by atomic mass is 35.5. The molecule has 1 N–H and O–H groups in total. The molecule has 1 aromatic carbocycles. The molecule has 8 heteroatoms. The minimum Gasteiger partial charge on any atom is -0.370 e. The molecule has 1 aromatic heterocycles. The maximum atomic E-state index is 12.7. The van der Waals surface area contributed by atoms with Gasteiger partial charge in [0.15, 0.2) is 5.15 Å². The highest BCUT2D eigenvalue weighted by Gasteiger charge is 2.22. The molecule has 0 bridgehead atoms. The molecule has 0 amide bonds. The number of para-hydroxylation sites is 2. The fraction of sp³-hybridized carbons (Fsp3) is 0.312. The third-order valence-corrected chi connectivity index (χ3v) is 5.92. The molecule has 1 aliphatic rings. The first-order valence-electron chi connectivity index (χ1n) is 7.66. The number of hydrogen-bond donors (Lipinski definition) is 1. The van der Waals surface area contributed by atoms with Crippen molar-refractivity contribution >= 4 is 44.6 Å². The summed E-state index contributed by atoms with van der Waals surface area (Å²) in [5, 5.41) is -0.00174. The lowest BCUT2D eigenvalue weighted by molar-refractivity contribution is 0.578. The Labute approximate surface area is 151 Å². The van der Waals surface area contributed by atoms with Crippen molar-refractivity contribution in [3.63, 3.8) is 0 Å². The number of benzene rings is 1. The van der Waals surface area contributed by atoms with Crippen molar-refractivity contribution < 1.29 is 8.42 Å². The third-order valence-electron chi connectivity index (χ3n) is 3.92. The van der Waals surface area contributed by atoms with Crippen LogP contribution in [0, 0.1) is 0 Å². The Bertz CT molecular complexity index is 837. The van der Waals surface area contributed by atoms with E-state index in [1.807, 2.05) is 12.1 Å². The van der Waals surface area contributed by atoms with Gasteiger partial charge in [-0.2, -0.15) is 0 Å². The van der Waals surface area contributed by atoms with Crippen LogP contribution in [0.3, 0.4) is 0 Å². The molecule has 3 rings (SSSR count). The average Bonchev–Trinajstić information content (AvgIpc) is 2.55. The smallest absolute Gasteiger partial charge is 0.265 e. The first-order valence-corrected chi connectivity index (χ1v) is 9.90. The van der Waals surface area contributed by atoms with E-state index in [-0.39, 0.29) is 15.2 Å². The molecular weight excluding hydrogens is 369 g/mol. The predicted octanol–water partition coefficient (Wildman–Crippen LogP) is 4.18. The van der Waals surface area contributed by atoms with E-state index < -0.39 is 10.0 Å². The summed E-state index contributed by atoms with van der Waals surface area (Å²) in [5.74, 6) is 0. The minimum absolute atomic E-state index is 0.0954. The highest BCUT2D eigenvalue weighted by Crippen LogP contribution is 2.31. The number of halogens is 2. The van der Waals surface area contributed by atoms with E-state index in [1.54, 1.807) is 12.1 Å². The van der Waals surface area contributed by atoms with E-state index in [4.69, 9.17) is 23.2 Å². The molecule has 0 atom stereocenters. The van der Waals surface area contributed by atoms with Gasteiger partial charge in [-0.3, -0.25) is 4.72 Å². The predicted molar refractivity (Wildman–Crippen MR) is 97.6 cm³/mol. The van der Waals surface area contributed by atoms with Gasteiger partial charge in [0.25, 0.3) is 10.0 Å². The van der Waals surface area contributed by atoms with E-state index in [1.165, 1.54) is 18.6 Å². The lowest BCUT2D eigenvalue weighted by Crippen LogP contribution is -2.30. The van der Waals surface area contributed by atoms with Crippen molar-refractivity contribution in [3.8, 4) is 0 Å². The number of pyridine rings is 1. The second-order valence-corrected chi connectivity index (χ2v) is 7.99. The highest BCUT2D eigenvalue weighted by molar-refractivity contribution is 7.92. The zero-order valence-corrected chi connectivity index (χ0v) is 15.2. The minimum atomic E-state index is -3.85. The third kappa shape index (κ3) is 3.77. The van der Waals surface area contributed by atoms with Gasteiger partial charge in [0.1, 0.15) is 10.0 Å². The van der Waals surface area contributed by atoms with E-state index in [9.17, 15) is 8.42 Å². The molecule has 1 aliphatic heterocycles. The summed E-state index contributed by atoms with van der Waals surface area (Å²) < 4.78 is 28.0. The van der Waals surface area contributed by atoms with Crippen LogP contribution in [0.4, 0.5) is 11.4 Å². The van der Waals surface area contributed by atoms with Gasteiger partial charge in [-0.15, -0.1) is 0 Å². The van der Waals surface area contributed by atoms with Crippen molar-refractivity contribution in [2.45, 2.75) is 24.2 Å². The number of hydrogen-bond acceptors (Lipinski definition) is 4. The Morgan fingerprint density at radius 3 is 2.42 bits per heavy atom. The van der Waals surface area contributed by atoms with Gasteiger partial charge in [-0.05, 0) is 43.5 Å². The molecule has 0 spiro atoms. The van der Waals surface area contributed by atoms with Crippen molar-refractivity contribution in [2.24, 2.45) is 0 Å². The van der Waals surface area contributed by atoms with Crippen LogP contribution < -0.4 is 9.62 Å².